The van der Waals surface area contributed by atoms with Gasteiger partial charge in [0.1, 0.15) is 0 Å². The van der Waals surface area contributed by atoms with Gasteiger partial charge in [-0.05, 0) is 18.2 Å². The van der Waals surface area contributed by atoms with E-state index >= 15 is 0 Å². The van der Waals surface area contributed by atoms with Gasteiger partial charge < -0.3 is 9.97 Å². The Labute approximate surface area is 81.6 Å². The molecule has 0 saturated heterocycles. The van der Waals surface area contributed by atoms with E-state index in [1.54, 1.807) is 0 Å². The van der Waals surface area contributed by atoms with Crippen molar-refractivity contribution in [2.24, 2.45) is 0 Å². The molecule has 2 aromatic heterocycles. The van der Waals surface area contributed by atoms with Gasteiger partial charge in [-0.3, -0.25) is 0 Å². The van der Waals surface area contributed by atoms with E-state index < -0.39 is 0 Å². The lowest BCUT2D eigenvalue weighted by Crippen LogP contribution is -1.72. The SMILES string of the molecule is c1c[nH]c(-c2c[nH]c3ccccc23)c1. The fourth-order valence-corrected chi connectivity index (χ4v) is 1.79. The summed E-state index contributed by atoms with van der Waals surface area (Å²) in [5, 5.41) is 1.26. The second-order valence-corrected chi connectivity index (χ2v) is 3.33. The molecule has 1 aromatic carbocycles. The van der Waals surface area contributed by atoms with E-state index in [1.165, 1.54) is 16.5 Å². The van der Waals surface area contributed by atoms with Gasteiger partial charge in [0.15, 0.2) is 0 Å². The first-order valence-corrected chi connectivity index (χ1v) is 4.65. The standard InChI is InChI=1S/C12H10N2/c1-2-5-11-9(4-1)10(8-14-11)12-6-3-7-13-12/h1-8,13-14H. The van der Waals surface area contributed by atoms with E-state index in [0.717, 1.165) is 5.69 Å². The molecule has 0 radical (unpaired) electrons. The van der Waals surface area contributed by atoms with E-state index in [1.807, 2.05) is 24.5 Å². The molecule has 0 unspecified atom stereocenters. The molecule has 68 valence electrons. The normalized spacial score (nSPS) is 10.9. The van der Waals surface area contributed by atoms with Crippen LogP contribution >= 0.6 is 0 Å². The van der Waals surface area contributed by atoms with Crippen LogP contribution in [0.4, 0.5) is 0 Å². The Bertz CT molecular complexity index is 546. The summed E-state index contributed by atoms with van der Waals surface area (Å²) in [6.45, 7) is 0. The van der Waals surface area contributed by atoms with Crippen LogP contribution in [0.2, 0.25) is 0 Å². The van der Waals surface area contributed by atoms with Gasteiger partial charge in [0.05, 0.1) is 0 Å². The fourth-order valence-electron chi connectivity index (χ4n) is 1.79. The van der Waals surface area contributed by atoms with Crippen molar-refractivity contribution in [3.8, 4) is 11.3 Å². The number of hydrogen-bond acceptors (Lipinski definition) is 0. The summed E-state index contributed by atoms with van der Waals surface area (Å²) < 4.78 is 0. The van der Waals surface area contributed by atoms with Crippen LogP contribution in [0.25, 0.3) is 22.2 Å². The zero-order chi connectivity index (χ0) is 9.38. The molecule has 2 heterocycles. The lowest BCUT2D eigenvalue weighted by Gasteiger charge is -1.94. The van der Waals surface area contributed by atoms with Crippen molar-refractivity contribution in [1.29, 1.82) is 0 Å². The maximum absolute atomic E-state index is 3.26. The minimum atomic E-state index is 1.16. The molecular weight excluding hydrogens is 172 g/mol. The molecular formula is C12H10N2. The third-order valence-corrected chi connectivity index (χ3v) is 2.48. The van der Waals surface area contributed by atoms with E-state index in [9.17, 15) is 0 Å². The van der Waals surface area contributed by atoms with Crippen LogP contribution in [0.15, 0.2) is 48.8 Å². The highest BCUT2D eigenvalue weighted by Gasteiger charge is 2.04. The second kappa shape index (κ2) is 2.77. The minimum Gasteiger partial charge on any atom is -0.361 e. The monoisotopic (exact) mass is 182 g/mol. The Balaban J connectivity index is 2.33. The number of rotatable bonds is 1. The molecule has 14 heavy (non-hydrogen) atoms. The summed E-state index contributed by atoms with van der Waals surface area (Å²) in [5.74, 6) is 0. The summed E-state index contributed by atoms with van der Waals surface area (Å²) >= 11 is 0. The summed E-state index contributed by atoms with van der Waals surface area (Å²) in [7, 11) is 0. The number of aromatic nitrogens is 2. The third kappa shape index (κ3) is 0.973. The Kier molecular flexibility index (Phi) is 1.47. The molecule has 0 atom stereocenters. The maximum Gasteiger partial charge on any atom is 0.0475 e. The van der Waals surface area contributed by atoms with Crippen molar-refractivity contribution >= 4 is 10.9 Å². The highest BCUT2D eigenvalue weighted by Crippen LogP contribution is 2.26. The zero-order valence-corrected chi connectivity index (χ0v) is 7.62. The molecule has 3 aromatic rings. The maximum atomic E-state index is 3.26. The average Bonchev–Trinajstić information content (AvgIpc) is 2.85. The molecule has 0 amide bonds. The van der Waals surface area contributed by atoms with Crippen molar-refractivity contribution in [1.82, 2.24) is 9.97 Å². The molecule has 2 heteroatoms. The highest BCUT2D eigenvalue weighted by atomic mass is 14.7. The van der Waals surface area contributed by atoms with Crippen LogP contribution in [0.1, 0.15) is 0 Å². The molecule has 0 spiro atoms. The fraction of sp³-hybridized carbons (Fsp3) is 0. The summed E-state index contributed by atoms with van der Waals surface area (Å²) in [6, 6.07) is 12.4. The smallest absolute Gasteiger partial charge is 0.0475 e. The van der Waals surface area contributed by atoms with Crippen molar-refractivity contribution < 1.29 is 0 Å². The Morgan fingerprint density at radius 2 is 1.79 bits per heavy atom. The molecule has 2 N–H and O–H groups in total. The van der Waals surface area contributed by atoms with E-state index in [4.69, 9.17) is 0 Å². The first kappa shape index (κ1) is 7.44. The number of nitrogens with one attached hydrogen (secondary N) is 2. The number of para-hydroxylation sites is 1. The molecule has 0 bridgehead atoms. The van der Waals surface area contributed by atoms with Crippen LogP contribution in [-0.4, -0.2) is 9.97 Å². The second-order valence-electron chi connectivity index (χ2n) is 3.33. The third-order valence-electron chi connectivity index (χ3n) is 2.48. The molecule has 0 aliphatic heterocycles. The van der Waals surface area contributed by atoms with Crippen LogP contribution in [-0.2, 0) is 0 Å². The highest BCUT2D eigenvalue weighted by molar-refractivity contribution is 5.94. The Hall–Kier alpha value is -1.96. The Morgan fingerprint density at radius 1 is 0.857 bits per heavy atom. The van der Waals surface area contributed by atoms with Gasteiger partial charge in [0.2, 0.25) is 0 Å². The van der Waals surface area contributed by atoms with Gasteiger partial charge in [-0.1, -0.05) is 18.2 Å². The first-order chi connectivity index (χ1) is 6.95. The van der Waals surface area contributed by atoms with Crippen molar-refractivity contribution in [2.45, 2.75) is 0 Å². The molecule has 0 aliphatic rings. The number of H-pyrrole nitrogens is 2. The zero-order valence-electron chi connectivity index (χ0n) is 7.62. The van der Waals surface area contributed by atoms with Gasteiger partial charge in [-0.15, -0.1) is 0 Å². The molecule has 0 saturated carbocycles. The quantitative estimate of drug-likeness (QED) is 0.579. The average molecular weight is 182 g/mol. The summed E-state index contributed by atoms with van der Waals surface area (Å²) in [4.78, 5) is 6.47. The number of hydrogen-bond donors (Lipinski definition) is 2. The molecule has 0 fully saturated rings. The lowest BCUT2D eigenvalue weighted by atomic mass is 10.1. The largest absolute Gasteiger partial charge is 0.361 e. The molecule has 0 aliphatic carbocycles. The van der Waals surface area contributed by atoms with Gasteiger partial charge in [-0.2, -0.15) is 0 Å². The van der Waals surface area contributed by atoms with Crippen LogP contribution in [0.3, 0.4) is 0 Å². The van der Waals surface area contributed by atoms with Gasteiger partial charge in [-0.25, -0.2) is 0 Å². The van der Waals surface area contributed by atoms with Gasteiger partial charge in [0, 0.05) is 34.6 Å². The Morgan fingerprint density at radius 3 is 2.64 bits per heavy atom. The lowest BCUT2D eigenvalue weighted by molar-refractivity contribution is 1.40. The summed E-state index contributed by atoms with van der Waals surface area (Å²) in [6.07, 6.45) is 3.98. The molecule has 3 rings (SSSR count). The number of benzene rings is 1. The van der Waals surface area contributed by atoms with E-state index in [2.05, 4.69) is 34.2 Å². The van der Waals surface area contributed by atoms with Gasteiger partial charge in [0.25, 0.3) is 0 Å². The summed E-state index contributed by atoms with van der Waals surface area (Å²) in [5.41, 5.74) is 3.56. The van der Waals surface area contributed by atoms with Crippen LogP contribution in [0.5, 0.6) is 0 Å². The molecule has 2 nitrogen and oxygen atoms in total. The van der Waals surface area contributed by atoms with Crippen molar-refractivity contribution in [3.63, 3.8) is 0 Å². The van der Waals surface area contributed by atoms with Crippen LogP contribution in [0, 0.1) is 0 Å². The predicted molar refractivity (Wildman–Crippen MR) is 58.1 cm³/mol. The first-order valence-electron chi connectivity index (χ1n) is 4.65. The van der Waals surface area contributed by atoms with E-state index in [-0.39, 0.29) is 0 Å². The van der Waals surface area contributed by atoms with Crippen molar-refractivity contribution in [3.05, 3.63) is 48.8 Å². The predicted octanol–water partition coefficient (Wildman–Crippen LogP) is 3.16. The minimum absolute atomic E-state index is 1.16. The number of fused-ring (bicyclic) bond motifs is 1. The van der Waals surface area contributed by atoms with Gasteiger partial charge >= 0.3 is 0 Å². The van der Waals surface area contributed by atoms with Crippen molar-refractivity contribution in [2.75, 3.05) is 0 Å². The van der Waals surface area contributed by atoms with Crippen LogP contribution < -0.4 is 0 Å². The van der Waals surface area contributed by atoms with E-state index in [0.29, 0.717) is 0 Å². The topological polar surface area (TPSA) is 31.6 Å². The number of aromatic amines is 2.